The summed E-state index contributed by atoms with van der Waals surface area (Å²) in [7, 11) is 0. The van der Waals surface area contributed by atoms with Crippen molar-refractivity contribution in [3.05, 3.63) is 29.8 Å². The molecule has 1 aromatic carbocycles. The lowest BCUT2D eigenvalue weighted by Crippen LogP contribution is -2.28. The molecule has 1 amide bonds. The van der Waals surface area contributed by atoms with Crippen molar-refractivity contribution in [3.8, 4) is 5.75 Å². The summed E-state index contributed by atoms with van der Waals surface area (Å²) in [6, 6.07) is 6.00. The molecule has 0 bridgehead atoms. The van der Waals surface area contributed by atoms with Gasteiger partial charge in [0.15, 0.2) is 0 Å². The molecule has 2 rings (SSSR count). The second-order valence-corrected chi connectivity index (χ2v) is 4.95. The molecule has 0 aromatic heterocycles. The van der Waals surface area contributed by atoms with Gasteiger partial charge < -0.3 is 15.4 Å². The van der Waals surface area contributed by atoms with E-state index < -0.39 is 6.36 Å². The molecule has 0 radical (unpaired) electrons. The van der Waals surface area contributed by atoms with E-state index in [2.05, 4.69) is 15.4 Å². The highest BCUT2D eigenvalue weighted by molar-refractivity contribution is 5.76. The average Bonchev–Trinajstić information content (AvgIpc) is 3.20. The van der Waals surface area contributed by atoms with Crippen LogP contribution in [0.4, 0.5) is 13.2 Å². The summed E-state index contributed by atoms with van der Waals surface area (Å²) in [5, 5.41) is 5.95. The lowest BCUT2D eigenvalue weighted by atomic mass is 10.2. The summed E-state index contributed by atoms with van der Waals surface area (Å²) in [4.78, 5) is 11.5. The first kappa shape index (κ1) is 15.6. The van der Waals surface area contributed by atoms with Gasteiger partial charge in [-0.3, -0.25) is 4.79 Å². The quantitative estimate of drug-likeness (QED) is 0.813. The molecule has 4 nitrogen and oxygen atoms in total. The second kappa shape index (κ2) is 6.80. The number of amides is 1. The Balaban J connectivity index is 1.68. The molecule has 0 spiro atoms. The SMILES string of the molecule is O=C(CCNC1CC1)NCc1ccc(OC(F)(F)F)cc1. The van der Waals surface area contributed by atoms with E-state index in [9.17, 15) is 18.0 Å². The van der Waals surface area contributed by atoms with Crippen LogP contribution in [0.5, 0.6) is 5.75 Å². The summed E-state index contributed by atoms with van der Waals surface area (Å²) >= 11 is 0. The molecular weight excluding hydrogens is 285 g/mol. The van der Waals surface area contributed by atoms with Gasteiger partial charge in [-0.2, -0.15) is 0 Å². The van der Waals surface area contributed by atoms with Crippen LogP contribution in [0.15, 0.2) is 24.3 Å². The van der Waals surface area contributed by atoms with Crippen LogP contribution in [-0.2, 0) is 11.3 Å². The number of alkyl halides is 3. The van der Waals surface area contributed by atoms with Crippen molar-refractivity contribution in [3.63, 3.8) is 0 Å². The minimum absolute atomic E-state index is 0.0845. The van der Waals surface area contributed by atoms with Crippen LogP contribution in [0.3, 0.4) is 0 Å². The van der Waals surface area contributed by atoms with Crippen LogP contribution in [0.25, 0.3) is 0 Å². The van der Waals surface area contributed by atoms with Crippen LogP contribution in [-0.4, -0.2) is 24.9 Å². The van der Waals surface area contributed by atoms with Gasteiger partial charge in [-0.05, 0) is 30.5 Å². The fourth-order valence-corrected chi connectivity index (χ4v) is 1.78. The largest absolute Gasteiger partial charge is 0.573 e. The smallest absolute Gasteiger partial charge is 0.406 e. The van der Waals surface area contributed by atoms with Crippen LogP contribution in [0.2, 0.25) is 0 Å². The third kappa shape index (κ3) is 6.48. The molecule has 0 unspecified atom stereocenters. The number of nitrogens with one attached hydrogen (secondary N) is 2. The molecule has 1 fully saturated rings. The van der Waals surface area contributed by atoms with Gasteiger partial charge in [0.25, 0.3) is 0 Å². The molecule has 0 atom stereocenters. The molecule has 1 aliphatic carbocycles. The maximum Gasteiger partial charge on any atom is 0.573 e. The topological polar surface area (TPSA) is 50.4 Å². The molecule has 1 aromatic rings. The predicted octanol–water partition coefficient (Wildman–Crippen LogP) is 2.34. The van der Waals surface area contributed by atoms with Gasteiger partial charge in [0.2, 0.25) is 5.91 Å². The first-order chi connectivity index (χ1) is 9.92. The second-order valence-electron chi connectivity index (χ2n) is 4.95. The third-order valence-electron chi connectivity index (χ3n) is 3.01. The lowest BCUT2D eigenvalue weighted by molar-refractivity contribution is -0.274. The first-order valence-electron chi connectivity index (χ1n) is 6.77. The molecule has 0 heterocycles. The van der Waals surface area contributed by atoms with Crippen molar-refractivity contribution in [2.75, 3.05) is 6.54 Å². The molecule has 21 heavy (non-hydrogen) atoms. The molecule has 116 valence electrons. The van der Waals surface area contributed by atoms with E-state index in [1.165, 1.54) is 37.1 Å². The van der Waals surface area contributed by atoms with Gasteiger partial charge >= 0.3 is 6.36 Å². The van der Waals surface area contributed by atoms with E-state index in [0.29, 0.717) is 24.6 Å². The fourth-order valence-electron chi connectivity index (χ4n) is 1.78. The Morgan fingerprint density at radius 2 is 1.90 bits per heavy atom. The number of rotatable bonds is 7. The summed E-state index contributed by atoms with van der Waals surface area (Å²) < 4.78 is 39.7. The maximum atomic E-state index is 12.0. The van der Waals surface area contributed by atoms with Crippen molar-refractivity contribution >= 4 is 5.91 Å². The van der Waals surface area contributed by atoms with Crippen molar-refractivity contribution < 1.29 is 22.7 Å². The molecule has 0 saturated heterocycles. The average molecular weight is 302 g/mol. The fraction of sp³-hybridized carbons (Fsp3) is 0.500. The van der Waals surface area contributed by atoms with E-state index in [0.717, 1.165) is 0 Å². The Bertz CT molecular complexity index is 470. The Labute approximate surface area is 120 Å². The Morgan fingerprint density at radius 3 is 2.48 bits per heavy atom. The maximum absolute atomic E-state index is 12.0. The van der Waals surface area contributed by atoms with Gasteiger partial charge in [-0.1, -0.05) is 12.1 Å². The Hall–Kier alpha value is -1.76. The normalized spacial score (nSPS) is 14.8. The number of benzene rings is 1. The van der Waals surface area contributed by atoms with Crippen LogP contribution >= 0.6 is 0 Å². The van der Waals surface area contributed by atoms with Crippen molar-refractivity contribution in [1.29, 1.82) is 0 Å². The lowest BCUT2D eigenvalue weighted by Gasteiger charge is -2.10. The van der Waals surface area contributed by atoms with E-state index in [-0.39, 0.29) is 18.2 Å². The molecule has 7 heteroatoms. The molecular formula is C14H17F3N2O2. The highest BCUT2D eigenvalue weighted by atomic mass is 19.4. The zero-order chi connectivity index (χ0) is 15.3. The number of carbonyl (C=O) groups is 1. The first-order valence-corrected chi connectivity index (χ1v) is 6.77. The molecule has 0 aliphatic heterocycles. The van der Waals surface area contributed by atoms with E-state index in [4.69, 9.17) is 0 Å². The summed E-state index contributed by atoms with van der Waals surface area (Å²) in [6.07, 6.45) is -1.95. The van der Waals surface area contributed by atoms with Crippen molar-refractivity contribution in [2.45, 2.75) is 38.2 Å². The zero-order valence-electron chi connectivity index (χ0n) is 11.4. The minimum atomic E-state index is -4.69. The predicted molar refractivity (Wildman–Crippen MR) is 70.6 cm³/mol. The standard InChI is InChI=1S/C14H17F3N2O2/c15-14(16,17)21-12-5-1-10(2-6-12)9-19-13(20)7-8-18-11-3-4-11/h1-2,5-6,11,18H,3-4,7-9H2,(H,19,20). The van der Waals surface area contributed by atoms with Gasteiger partial charge in [-0.25, -0.2) is 0 Å². The number of hydrogen-bond donors (Lipinski definition) is 2. The van der Waals surface area contributed by atoms with Gasteiger partial charge in [0.05, 0.1) is 0 Å². The van der Waals surface area contributed by atoms with Crippen molar-refractivity contribution in [1.82, 2.24) is 10.6 Å². The van der Waals surface area contributed by atoms with E-state index >= 15 is 0 Å². The van der Waals surface area contributed by atoms with Gasteiger partial charge in [0.1, 0.15) is 5.75 Å². The monoisotopic (exact) mass is 302 g/mol. The van der Waals surface area contributed by atoms with Crippen LogP contribution in [0.1, 0.15) is 24.8 Å². The molecule has 1 saturated carbocycles. The van der Waals surface area contributed by atoms with Crippen LogP contribution < -0.4 is 15.4 Å². The highest BCUT2D eigenvalue weighted by Crippen LogP contribution is 2.22. The molecule has 2 N–H and O–H groups in total. The van der Waals surface area contributed by atoms with Gasteiger partial charge in [-0.15, -0.1) is 13.2 Å². The van der Waals surface area contributed by atoms with Gasteiger partial charge in [0, 0.05) is 25.6 Å². The number of halogens is 3. The highest BCUT2D eigenvalue weighted by Gasteiger charge is 2.30. The van der Waals surface area contributed by atoms with E-state index in [1.54, 1.807) is 0 Å². The molecule has 1 aliphatic rings. The number of ether oxygens (including phenoxy) is 1. The van der Waals surface area contributed by atoms with E-state index in [1.807, 2.05) is 0 Å². The number of carbonyl (C=O) groups excluding carboxylic acids is 1. The number of hydrogen-bond acceptors (Lipinski definition) is 3. The Kier molecular flexibility index (Phi) is 5.06. The third-order valence-corrected chi connectivity index (χ3v) is 3.01. The summed E-state index contributed by atoms with van der Waals surface area (Å²) in [6.45, 7) is 0.934. The summed E-state index contributed by atoms with van der Waals surface area (Å²) in [5.74, 6) is -0.357. The van der Waals surface area contributed by atoms with Crippen molar-refractivity contribution in [2.24, 2.45) is 0 Å². The summed E-state index contributed by atoms with van der Waals surface area (Å²) in [5.41, 5.74) is 0.716. The minimum Gasteiger partial charge on any atom is -0.406 e. The zero-order valence-corrected chi connectivity index (χ0v) is 11.4. The van der Waals surface area contributed by atoms with Crippen LogP contribution in [0, 0.1) is 0 Å². The Morgan fingerprint density at radius 1 is 1.24 bits per heavy atom.